The summed E-state index contributed by atoms with van der Waals surface area (Å²) in [5.41, 5.74) is 0.187. The fourth-order valence-corrected chi connectivity index (χ4v) is 2.80. The lowest BCUT2D eigenvalue weighted by Crippen LogP contribution is -2.32. The largest absolute Gasteiger partial charge is 0.481 e. The Labute approximate surface area is 104 Å². The van der Waals surface area contributed by atoms with Gasteiger partial charge in [0.05, 0.1) is 11.1 Å². The van der Waals surface area contributed by atoms with Gasteiger partial charge >= 0.3 is 5.97 Å². The number of imidazole rings is 1. The highest BCUT2D eigenvalue weighted by Gasteiger charge is 2.35. The van der Waals surface area contributed by atoms with Crippen LogP contribution in [0.5, 0.6) is 0 Å². The standard InChI is InChI=1S/C12H16N2O2S/c1-3-12(4-2,10(15)16)7-9-8-14-5-6-17-11(14)13-9/h5-6,8H,3-4,7H2,1-2H3,(H,15,16). The Bertz CT molecular complexity index is 497. The molecule has 0 spiro atoms. The molecule has 4 nitrogen and oxygen atoms in total. The minimum Gasteiger partial charge on any atom is -0.481 e. The van der Waals surface area contributed by atoms with Gasteiger partial charge in [-0.3, -0.25) is 9.20 Å². The lowest BCUT2D eigenvalue weighted by Gasteiger charge is -2.25. The molecule has 0 aromatic carbocycles. The molecule has 17 heavy (non-hydrogen) atoms. The van der Waals surface area contributed by atoms with Gasteiger partial charge in [-0.25, -0.2) is 4.98 Å². The maximum Gasteiger partial charge on any atom is 0.310 e. The number of hydrogen-bond donors (Lipinski definition) is 1. The number of carbonyl (C=O) groups is 1. The first-order valence-corrected chi connectivity index (χ1v) is 6.63. The molecule has 0 amide bonds. The molecule has 0 radical (unpaired) electrons. The second-order valence-electron chi connectivity index (χ2n) is 4.29. The van der Waals surface area contributed by atoms with E-state index in [-0.39, 0.29) is 0 Å². The summed E-state index contributed by atoms with van der Waals surface area (Å²) in [6.07, 6.45) is 5.63. The van der Waals surface area contributed by atoms with Crippen LogP contribution in [-0.4, -0.2) is 20.5 Å². The van der Waals surface area contributed by atoms with Crippen LogP contribution < -0.4 is 0 Å². The van der Waals surface area contributed by atoms with Crippen LogP contribution in [0.15, 0.2) is 17.8 Å². The van der Waals surface area contributed by atoms with E-state index < -0.39 is 11.4 Å². The zero-order valence-corrected chi connectivity index (χ0v) is 10.8. The van der Waals surface area contributed by atoms with Crippen molar-refractivity contribution in [1.82, 2.24) is 9.38 Å². The van der Waals surface area contributed by atoms with Crippen molar-refractivity contribution in [2.75, 3.05) is 0 Å². The molecular weight excluding hydrogens is 236 g/mol. The van der Waals surface area contributed by atoms with Crippen LogP contribution in [0.2, 0.25) is 0 Å². The first-order chi connectivity index (χ1) is 8.11. The average Bonchev–Trinajstić information content (AvgIpc) is 2.85. The van der Waals surface area contributed by atoms with Gasteiger partial charge in [-0.05, 0) is 12.8 Å². The Balaban J connectivity index is 2.29. The number of aliphatic carboxylic acids is 1. The van der Waals surface area contributed by atoms with Crippen molar-refractivity contribution < 1.29 is 9.90 Å². The fourth-order valence-electron chi connectivity index (χ4n) is 2.09. The Hall–Kier alpha value is -1.36. The van der Waals surface area contributed by atoms with Crippen molar-refractivity contribution >= 4 is 22.3 Å². The van der Waals surface area contributed by atoms with E-state index in [0.717, 1.165) is 10.7 Å². The maximum atomic E-state index is 11.4. The second kappa shape index (κ2) is 4.49. The number of carboxylic acids is 1. The van der Waals surface area contributed by atoms with Crippen molar-refractivity contribution in [2.45, 2.75) is 33.1 Å². The predicted molar refractivity (Wildman–Crippen MR) is 67.4 cm³/mol. The molecule has 0 unspecified atom stereocenters. The quantitative estimate of drug-likeness (QED) is 0.890. The van der Waals surface area contributed by atoms with Gasteiger partial charge < -0.3 is 5.11 Å². The zero-order chi connectivity index (χ0) is 12.5. The van der Waals surface area contributed by atoms with Crippen molar-refractivity contribution in [3.63, 3.8) is 0 Å². The van der Waals surface area contributed by atoms with Crippen molar-refractivity contribution in [3.8, 4) is 0 Å². The van der Waals surface area contributed by atoms with E-state index in [0.29, 0.717) is 19.3 Å². The first-order valence-electron chi connectivity index (χ1n) is 5.76. The third kappa shape index (κ3) is 2.07. The van der Waals surface area contributed by atoms with Gasteiger partial charge in [-0.2, -0.15) is 0 Å². The number of fused-ring (bicyclic) bond motifs is 1. The van der Waals surface area contributed by atoms with Crippen LogP contribution in [-0.2, 0) is 11.2 Å². The zero-order valence-electron chi connectivity index (χ0n) is 10.0. The summed E-state index contributed by atoms with van der Waals surface area (Å²) in [5, 5.41) is 11.3. The van der Waals surface area contributed by atoms with Gasteiger partial charge in [0.15, 0.2) is 4.96 Å². The molecule has 2 aromatic rings. The summed E-state index contributed by atoms with van der Waals surface area (Å²) in [7, 11) is 0. The molecule has 0 aliphatic heterocycles. The molecule has 0 aliphatic rings. The molecule has 2 aromatic heterocycles. The van der Waals surface area contributed by atoms with Gasteiger partial charge in [0.25, 0.3) is 0 Å². The molecule has 0 bridgehead atoms. The van der Waals surface area contributed by atoms with Crippen molar-refractivity contribution in [2.24, 2.45) is 5.41 Å². The minimum absolute atomic E-state index is 0.504. The number of hydrogen-bond acceptors (Lipinski definition) is 3. The molecule has 0 fully saturated rings. The molecule has 0 saturated heterocycles. The molecule has 2 heterocycles. The highest BCUT2D eigenvalue weighted by atomic mass is 32.1. The third-order valence-corrected chi connectivity index (χ3v) is 4.24. The van der Waals surface area contributed by atoms with Crippen LogP contribution >= 0.6 is 11.3 Å². The molecule has 2 rings (SSSR count). The van der Waals surface area contributed by atoms with Gasteiger partial charge in [0, 0.05) is 24.2 Å². The molecule has 5 heteroatoms. The summed E-state index contributed by atoms with van der Waals surface area (Å²) < 4.78 is 1.94. The SMILES string of the molecule is CCC(CC)(Cc1cn2ccsc2n1)C(=O)O. The Morgan fingerprint density at radius 1 is 1.53 bits per heavy atom. The predicted octanol–water partition coefficient (Wildman–Crippen LogP) is 2.83. The topological polar surface area (TPSA) is 54.6 Å². The van der Waals surface area contributed by atoms with E-state index >= 15 is 0 Å². The van der Waals surface area contributed by atoms with E-state index in [1.807, 2.05) is 36.0 Å². The highest BCUT2D eigenvalue weighted by Crippen LogP contribution is 2.31. The third-order valence-electron chi connectivity index (χ3n) is 3.47. The van der Waals surface area contributed by atoms with E-state index in [1.54, 1.807) is 11.3 Å². The summed E-state index contributed by atoms with van der Waals surface area (Å²) in [5.74, 6) is -0.723. The Morgan fingerprint density at radius 2 is 2.24 bits per heavy atom. The Morgan fingerprint density at radius 3 is 2.76 bits per heavy atom. The lowest BCUT2D eigenvalue weighted by atomic mass is 9.78. The normalized spacial score (nSPS) is 12.1. The van der Waals surface area contributed by atoms with E-state index in [9.17, 15) is 9.90 Å². The number of aromatic nitrogens is 2. The maximum absolute atomic E-state index is 11.4. The fraction of sp³-hybridized carbons (Fsp3) is 0.500. The van der Waals surface area contributed by atoms with Gasteiger partial charge in [0.1, 0.15) is 0 Å². The van der Waals surface area contributed by atoms with Gasteiger partial charge in [-0.15, -0.1) is 11.3 Å². The van der Waals surface area contributed by atoms with Crippen molar-refractivity contribution in [1.29, 1.82) is 0 Å². The van der Waals surface area contributed by atoms with Crippen LogP contribution in [0.4, 0.5) is 0 Å². The van der Waals surface area contributed by atoms with Crippen LogP contribution in [0, 0.1) is 5.41 Å². The summed E-state index contributed by atoms with van der Waals surface area (Å²) in [6.45, 7) is 3.85. The molecule has 0 saturated carbocycles. The second-order valence-corrected chi connectivity index (χ2v) is 5.17. The number of rotatable bonds is 5. The van der Waals surface area contributed by atoms with Crippen LogP contribution in [0.25, 0.3) is 4.96 Å². The average molecular weight is 252 g/mol. The smallest absolute Gasteiger partial charge is 0.310 e. The summed E-state index contributed by atoms with van der Waals surface area (Å²) in [6, 6.07) is 0. The lowest BCUT2D eigenvalue weighted by molar-refractivity contribution is -0.149. The first kappa shape index (κ1) is 12.1. The van der Waals surface area contributed by atoms with Gasteiger partial charge in [0.2, 0.25) is 0 Å². The molecular formula is C12H16N2O2S. The summed E-state index contributed by atoms with van der Waals surface area (Å²) in [4.78, 5) is 16.8. The number of nitrogens with zero attached hydrogens (tertiary/aromatic N) is 2. The number of carboxylic acid groups (broad SMARTS) is 1. The van der Waals surface area contributed by atoms with Crippen molar-refractivity contribution in [3.05, 3.63) is 23.5 Å². The van der Waals surface area contributed by atoms with E-state index in [1.165, 1.54) is 0 Å². The minimum atomic E-state index is -0.723. The van der Waals surface area contributed by atoms with E-state index in [2.05, 4.69) is 4.98 Å². The molecule has 1 N–H and O–H groups in total. The van der Waals surface area contributed by atoms with Crippen LogP contribution in [0.1, 0.15) is 32.4 Å². The highest BCUT2D eigenvalue weighted by molar-refractivity contribution is 7.15. The van der Waals surface area contributed by atoms with Crippen LogP contribution in [0.3, 0.4) is 0 Å². The monoisotopic (exact) mass is 252 g/mol. The molecule has 0 atom stereocenters. The molecule has 92 valence electrons. The molecule has 0 aliphatic carbocycles. The Kier molecular flexibility index (Phi) is 3.19. The number of thiazole rings is 1. The summed E-state index contributed by atoms with van der Waals surface area (Å²) >= 11 is 1.56. The van der Waals surface area contributed by atoms with E-state index in [4.69, 9.17) is 0 Å². The van der Waals surface area contributed by atoms with Gasteiger partial charge in [-0.1, -0.05) is 13.8 Å².